The summed E-state index contributed by atoms with van der Waals surface area (Å²) in [6.07, 6.45) is 3.28. The van der Waals surface area contributed by atoms with Crippen LogP contribution in [0.3, 0.4) is 0 Å². The predicted molar refractivity (Wildman–Crippen MR) is 71.1 cm³/mol. The lowest BCUT2D eigenvalue weighted by Crippen LogP contribution is -2.52. The van der Waals surface area contributed by atoms with Crippen molar-refractivity contribution in [1.29, 1.82) is 0 Å². The van der Waals surface area contributed by atoms with Crippen LogP contribution in [0.1, 0.15) is 33.1 Å². The minimum absolute atomic E-state index is 0.00575. The number of rotatable bonds is 4. The smallest absolute Gasteiger partial charge is 0.328 e. The lowest BCUT2D eigenvalue weighted by atomic mass is 9.84. The maximum absolute atomic E-state index is 12.4. The predicted octanol–water partition coefficient (Wildman–Crippen LogP) is 0.674. The standard InChI is InChI=1S/C14H24N2O3/c1-7(2)12(14(18)19-3)16-13(17)10-8-4-5-9(6-8)11(10)15/h7-12H,4-6,15H2,1-3H3,(H,16,17)/t8?,9?,10?,11?,12-/m0/s1. The van der Waals surface area contributed by atoms with E-state index >= 15 is 0 Å². The van der Waals surface area contributed by atoms with Crippen LogP contribution in [0.4, 0.5) is 0 Å². The van der Waals surface area contributed by atoms with E-state index in [9.17, 15) is 9.59 Å². The molecule has 2 fully saturated rings. The molecule has 1 amide bonds. The molecule has 5 heteroatoms. The highest BCUT2D eigenvalue weighted by Gasteiger charge is 2.49. The minimum atomic E-state index is -0.580. The van der Waals surface area contributed by atoms with Gasteiger partial charge in [0.15, 0.2) is 0 Å². The van der Waals surface area contributed by atoms with Crippen LogP contribution in [-0.2, 0) is 14.3 Å². The van der Waals surface area contributed by atoms with Crippen LogP contribution in [0, 0.1) is 23.7 Å². The van der Waals surface area contributed by atoms with Gasteiger partial charge in [0.25, 0.3) is 0 Å². The monoisotopic (exact) mass is 268 g/mol. The van der Waals surface area contributed by atoms with E-state index in [1.165, 1.54) is 7.11 Å². The van der Waals surface area contributed by atoms with Crippen LogP contribution < -0.4 is 11.1 Å². The van der Waals surface area contributed by atoms with Crippen molar-refractivity contribution in [2.24, 2.45) is 29.4 Å². The van der Waals surface area contributed by atoms with Crippen molar-refractivity contribution in [1.82, 2.24) is 5.32 Å². The van der Waals surface area contributed by atoms with E-state index in [2.05, 4.69) is 5.32 Å². The number of carbonyl (C=O) groups excluding carboxylic acids is 2. The summed E-state index contributed by atoms with van der Waals surface area (Å²) < 4.78 is 4.74. The van der Waals surface area contributed by atoms with Crippen LogP contribution in [0.2, 0.25) is 0 Å². The van der Waals surface area contributed by atoms with Gasteiger partial charge >= 0.3 is 5.97 Å². The SMILES string of the molecule is COC(=O)[C@@H](NC(=O)C1C2CCC(C2)C1N)C(C)C. The summed E-state index contributed by atoms with van der Waals surface area (Å²) in [5.41, 5.74) is 6.15. The van der Waals surface area contributed by atoms with E-state index in [1.54, 1.807) is 0 Å². The Bertz CT molecular complexity index is 368. The van der Waals surface area contributed by atoms with E-state index < -0.39 is 6.04 Å². The highest BCUT2D eigenvalue weighted by atomic mass is 16.5. The van der Waals surface area contributed by atoms with Gasteiger partial charge in [-0.25, -0.2) is 4.79 Å². The Morgan fingerprint density at radius 2 is 1.89 bits per heavy atom. The Hall–Kier alpha value is -1.10. The molecule has 5 atom stereocenters. The van der Waals surface area contributed by atoms with Crippen LogP contribution in [0.15, 0.2) is 0 Å². The normalized spacial score (nSPS) is 34.4. The van der Waals surface area contributed by atoms with Gasteiger partial charge in [0.2, 0.25) is 5.91 Å². The number of nitrogens with two attached hydrogens (primary N) is 1. The Morgan fingerprint density at radius 3 is 2.37 bits per heavy atom. The Morgan fingerprint density at radius 1 is 1.26 bits per heavy atom. The number of carbonyl (C=O) groups is 2. The van der Waals surface area contributed by atoms with Crippen LogP contribution >= 0.6 is 0 Å². The lowest BCUT2D eigenvalue weighted by Gasteiger charge is -2.29. The molecule has 0 spiro atoms. The number of esters is 1. The Kier molecular flexibility index (Phi) is 4.13. The van der Waals surface area contributed by atoms with Crippen molar-refractivity contribution in [2.75, 3.05) is 7.11 Å². The molecule has 0 saturated heterocycles. The first-order chi connectivity index (χ1) is 8.95. The summed E-state index contributed by atoms with van der Waals surface area (Å²) in [5, 5.41) is 2.83. The molecule has 2 saturated carbocycles. The van der Waals surface area contributed by atoms with E-state index in [-0.39, 0.29) is 29.8 Å². The number of nitrogens with one attached hydrogen (secondary N) is 1. The molecule has 0 aliphatic heterocycles. The molecule has 2 aliphatic carbocycles. The second kappa shape index (κ2) is 5.49. The van der Waals surface area contributed by atoms with Gasteiger partial charge in [-0.2, -0.15) is 0 Å². The minimum Gasteiger partial charge on any atom is -0.467 e. The van der Waals surface area contributed by atoms with Crippen molar-refractivity contribution in [3.8, 4) is 0 Å². The third kappa shape index (κ3) is 2.61. The highest BCUT2D eigenvalue weighted by molar-refractivity contribution is 5.86. The first-order valence-electron chi connectivity index (χ1n) is 7.09. The second-order valence-corrected chi connectivity index (χ2v) is 6.19. The molecule has 4 unspecified atom stereocenters. The number of hydrogen-bond acceptors (Lipinski definition) is 4. The Labute approximate surface area is 114 Å². The third-order valence-corrected chi connectivity index (χ3v) is 4.70. The molecule has 108 valence electrons. The second-order valence-electron chi connectivity index (χ2n) is 6.19. The molecule has 0 heterocycles. The highest BCUT2D eigenvalue weighted by Crippen LogP contribution is 2.47. The molecule has 2 rings (SSSR count). The average Bonchev–Trinajstić information content (AvgIpc) is 2.94. The lowest BCUT2D eigenvalue weighted by molar-refractivity contribution is -0.147. The summed E-state index contributed by atoms with van der Waals surface area (Å²) in [5.74, 6) is 0.279. The average molecular weight is 268 g/mol. The molecule has 3 N–H and O–H groups in total. The van der Waals surface area contributed by atoms with Gasteiger partial charge in [0, 0.05) is 6.04 Å². The van der Waals surface area contributed by atoms with Gasteiger partial charge in [-0.1, -0.05) is 13.8 Å². The van der Waals surface area contributed by atoms with Crippen molar-refractivity contribution < 1.29 is 14.3 Å². The van der Waals surface area contributed by atoms with Crippen molar-refractivity contribution >= 4 is 11.9 Å². The van der Waals surface area contributed by atoms with Gasteiger partial charge in [-0.3, -0.25) is 4.79 Å². The molecular formula is C14H24N2O3. The first kappa shape index (κ1) is 14.3. The number of ether oxygens (including phenoxy) is 1. The van der Waals surface area contributed by atoms with E-state index in [1.807, 2.05) is 13.8 Å². The molecule has 2 bridgehead atoms. The zero-order chi connectivity index (χ0) is 14.2. The van der Waals surface area contributed by atoms with Crippen LogP contribution in [0.25, 0.3) is 0 Å². The molecule has 2 aliphatic rings. The number of hydrogen-bond donors (Lipinski definition) is 2. The van der Waals surface area contributed by atoms with E-state index in [0.29, 0.717) is 11.8 Å². The molecule has 0 radical (unpaired) electrons. The van der Waals surface area contributed by atoms with E-state index in [0.717, 1.165) is 19.3 Å². The quantitative estimate of drug-likeness (QED) is 0.734. The number of amides is 1. The number of fused-ring (bicyclic) bond motifs is 2. The zero-order valence-corrected chi connectivity index (χ0v) is 11.9. The van der Waals surface area contributed by atoms with Gasteiger partial charge in [-0.15, -0.1) is 0 Å². The third-order valence-electron chi connectivity index (χ3n) is 4.70. The molecule has 0 aromatic carbocycles. The largest absolute Gasteiger partial charge is 0.467 e. The van der Waals surface area contributed by atoms with Gasteiger partial charge in [0.05, 0.1) is 13.0 Å². The van der Waals surface area contributed by atoms with Crippen molar-refractivity contribution in [3.63, 3.8) is 0 Å². The maximum atomic E-state index is 12.4. The molecule has 5 nitrogen and oxygen atoms in total. The summed E-state index contributed by atoms with van der Waals surface area (Å²) >= 11 is 0. The number of methoxy groups -OCH3 is 1. The van der Waals surface area contributed by atoms with Crippen molar-refractivity contribution in [2.45, 2.75) is 45.2 Å². The Balaban J connectivity index is 2.02. The summed E-state index contributed by atoms with van der Waals surface area (Å²) in [6, 6.07) is -0.631. The van der Waals surface area contributed by atoms with Gasteiger partial charge in [-0.05, 0) is 37.0 Å². The fourth-order valence-corrected chi connectivity index (χ4v) is 3.60. The fraction of sp³-hybridized carbons (Fsp3) is 0.857. The van der Waals surface area contributed by atoms with Crippen molar-refractivity contribution in [3.05, 3.63) is 0 Å². The molecule has 19 heavy (non-hydrogen) atoms. The fourth-order valence-electron chi connectivity index (χ4n) is 3.60. The van der Waals surface area contributed by atoms with Crippen LogP contribution in [-0.4, -0.2) is 31.1 Å². The van der Waals surface area contributed by atoms with Gasteiger partial charge < -0.3 is 15.8 Å². The molecular weight excluding hydrogens is 244 g/mol. The van der Waals surface area contributed by atoms with Gasteiger partial charge in [0.1, 0.15) is 6.04 Å². The first-order valence-corrected chi connectivity index (χ1v) is 7.09. The summed E-state index contributed by atoms with van der Waals surface area (Å²) in [6.45, 7) is 3.78. The van der Waals surface area contributed by atoms with Crippen LogP contribution in [0.5, 0.6) is 0 Å². The maximum Gasteiger partial charge on any atom is 0.328 e. The zero-order valence-electron chi connectivity index (χ0n) is 11.9. The van der Waals surface area contributed by atoms with E-state index in [4.69, 9.17) is 10.5 Å². The summed E-state index contributed by atoms with van der Waals surface area (Å²) in [7, 11) is 1.34. The molecule has 0 aromatic rings. The summed E-state index contributed by atoms with van der Waals surface area (Å²) in [4.78, 5) is 24.1. The topological polar surface area (TPSA) is 81.4 Å². The molecule has 0 aromatic heterocycles.